The number of nitrogens with zero attached hydrogens (tertiary/aromatic N) is 4. The summed E-state index contributed by atoms with van der Waals surface area (Å²) < 4.78 is 0. The fraction of sp³-hybridized carbons (Fsp3) is 0.263. The van der Waals surface area contributed by atoms with Gasteiger partial charge in [-0.3, -0.25) is 9.59 Å². The Morgan fingerprint density at radius 2 is 0.958 bits per heavy atom. The lowest BCUT2D eigenvalue weighted by molar-refractivity contribution is 0.0892. The summed E-state index contributed by atoms with van der Waals surface area (Å²) in [5.74, 6) is 1.34. The Hall–Kier alpha value is -5.64. The van der Waals surface area contributed by atoms with Crippen molar-refractivity contribution < 1.29 is 9.59 Å². The minimum Gasteiger partial charge on any atom is -0.378 e. The summed E-state index contributed by atoms with van der Waals surface area (Å²) in [5.41, 5.74) is 8.69. The zero-order valence-corrected chi connectivity index (χ0v) is 27.7. The van der Waals surface area contributed by atoms with Crippen LogP contribution in [0.4, 0.5) is 11.4 Å². The van der Waals surface area contributed by atoms with Crippen molar-refractivity contribution in [3.63, 3.8) is 0 Å². The first-order valence-corrected chi connectivity index (χ1v) is 16.4. The summed E-state index contributed by atoms with van der Waals surface area (Å²) in [5, 5.41) is 6.40. The maximum Gasteiger partial charge on any atom is 0.251 e. The highest BCUT2D eigenvalue weighted by molar-refractivity contribution is 5.99. The first-order valence-electron chi connectivity index (χ1n) is 16.4. The number of fused-ring (bicyclic) bond motifs is 2. The molecule has 244 valence electrons. The quantitative estimate of drug-likeness (QED) is 0.153. The van der Waals surface area contributed by atoms with Crippen LogP contribution >= 0.6 is 0 Å². The maximum absolute atomic E-state index is 13.2. The molecule has 1 aliphatic carbocycles. The Labute approximate surface area is 279 Å². The molecule has 0 unspecified atom stereocenters. The molecular formula is C38H40N8O2. The smallest absolute Gasteiger partial charge is 0.251 e. The van der Waals surface area contributed by atoms with Gasteiger partial charge in [0, 0.05) is 73.9 Å². The molecule has 2 heterocycles. The van der Waals surface area contributed by atoms with Gasteiger partial charge in [0.25, 0.3) is 11.8 Å². The molecule has 1 fully saturated rings. The van der Waals surface area contributed by atoms with E-state index in [1.54, 1.807) is 0 Å². The van der Waals surface area contributed by atoms with Gasteiger partial charge in [-0.15, -0.1) is 0 Å². The average Bonchev–Trinajstić information content (AvgIpc) is 3.73. The first kappa shape index (κ1) is 31.0. The van der Waals surface area contributed by atoms with Gasteiger partial charge in [-0.25, -0.2) is 9.97 Å². The number of imidazole rings is 2. The lowest BCUT2D eigenvalue weighted by Gasteiger charge is -2.29. The Morgan fingerprint density at radius 3 is 1.31 bits per heavy atom. The van der Waals surface area contributed by atoms with Gasteiger partial charge in [-0.1, -0.05) is 0 Å². The van der Waals surface area contributed by atoms with Crippen molar-refractivity contribution in [1.82, 2.24) is 30.6 Å². The number of aromatic amines is 2. The highest BCUT2D eigenvalue weighted by Gasteiger charge is 2.25. The predicted octanol–water partition coefficient (Wildman–Crippen LogP) is 6.38. The monoisotopic (exact) mass is 640 g/mol. The van der Waals surface area contributed by atoms with Gasteiger partial charge in [0.15, 0.2) is 0 Å². The lowest BCUT2D eigenvalue weighted by Crippen LogP contribution is -2.43. The molecule has 2 amide bonds. The average molecular weight is 641 g/mol. The Morgan fingerprint density at radius 1 is 0.583 bits per heavy atom. The number of rotatable bonds is 8. The fourth-order valence-corrected chi connectivity index (χ4v) is 6.33. The molecule has 10 heteroatoms. The summed E-state index contributed by atoms with van der Waals surface area (Å²) in [4.78, 5) is 46.7. The normalized spacial score (nSPS) is 16.2. The molecule has 48 heavy (non-hydrogen) atoms. The molecule has 2 aromatic heterocycles. The van der Waals surface area contributed by atoms with Crippen molar-refractivity contribution in [3.8, 4) is 22.8 Å². The minimum atomic E-state index is -0.100. The Balaban J connectivity index is 0.930. The van der Waals surface area contributed by atoms with Crippen LogP contribution < -0.4 is 20.4 Å². The molecular weight excluding hydrogens is 600 g/mol. The van der Waals surface area contributed by atoms with Crippen molar-refractivity contribution in [3.05, 3.63) is 96.1 Å². The highest BCUT2D eigenvalue weighted by atomic mass is 16.2. The number of H-pyrrole nitrogens is 2. The van der Waals surface area contributed by atoms with Crippen LogP contribution in [-0.2, 0) is 0 Å². The van der Waals surface area contributed by atoms with Gasteiger partial charge in [0.1, 0.15) is 11.6 Å². The number of hydrogen-bond acceptors (Lipinski definition) is 6. The molecule has 0 aliphatic heterocycles. The van der Waals surface area contributed by atoms with Gasteiger partial charge in [0.05, 0.1) is 22.1 Å². The topological polar surface area (TPSA) is 122 Å². The highest BCUT2D eigenvalue weighted by Crippen LogP contribution is 2.26. The van der Waals surface area contributed by atoms with Crippen LogP contribution in [0.1, 0.15) is 46.4 Å². The summed E-state index contributed by atoms with van der Waals surface area (Å²) >= 11 is 0. The van der Waals surface area contributed by atoms with E-state index < -0.39 is 0 Å². The minimum absolute atomic E-state index is 0.0560. The van der Waals surface area contributed by atoms with E-state index in [4.69, 9.17) is 9.97 Å². The van der Waals surface area contributed by atoms with Crippen molar-refractivity contribution in [1.29, 1.82) is 0 Å². The van der Waals surface area contributed by atoms with E-state index in [9.17, 15) is 9.59 Å². The van der Waals surface area contributed by atoms with E-state index >= 15 is 0 Å². The number of anilines is 2. The maximum atomic E-state index is 13.2. The number of carbonyl (C=O) groups is 2. The van der Waals surface area contributed by atoms with E-state index in [0.29, 0.717) is 11.1 Å². The number of aromatic nitrogens is 4. The molecule has 0 radical (unpaired) electrons. The second-order valence-corrected chi connectivity index (χ2v) is 13.0. The Kier molecular flexibility index (Phi) is 8.31. The van der Waals surface area contributed by atoms with E-state index in [-0.39, 0.29) is 23.9 Å². The van der Waals surface area contributed by atoms with Crippen LogP contribution in [0.3, 0.4) is 0 Å². The molecule has 7 rings (SSSR count). The lowest BCUT2D eigenvalue weighted by atomic mass is 9.90. The molecule has 4 N–H and O–H groups in total. The van der Waals surface area contributed by atoms with Gasteiger partial charge >= 0.3 is 0 Å². The van der Waals surface area contributed by atoms with Gasteiger partial charge in [-0.2, -0.15) is 0 Å². The largest absolute Gasteiger partial charge is 0.378 e. The first-order chi connectivity index (χ1) is 23.2. The molecule has 0 saturated heterocycles. The number of benzene rings is 4. The predicted molar refractivity (Wildman–Crippen MR) is 193 cm³/mol. The molecule has 6 aromatic rings. The van der Waals surface area contributed by atoms with Gasteiger partial charge < -0.3 is 30.4 Å². The number of nitrogens with one attached hydrogen (secondary N) is 4. The number of carbonyl (C=O) groups excluding carboxylic acids is 2. The zero-order valence-electron chi connectivity index (χ0n) is 27.7. The summed E-state index contributed by atoms with van der Waals surface area (Å²) in [7, 11) is 8.05. The molecule has 1 saturated carbocycles. The van der Waals surface area contributed by atoms with E-state index in [1.807, 2.05) is 88.9 Å². The Bertz CT molecular complexity index is 1930. The molecule has 4 aromatic carbocycles. The summed E-state index contributed by atoms with van der Waals surface area (Å²) in [6, 6.07) is 27.7. The van der Waals surface area contributed by atoms with Crippen molar-refractivity contribution in [2.24, 2.45) is 0 Å². The zero-order chi connectivity index (χ0) is 33.4. The third-order valence-corrected chi connectivity index (χ3v) is 9.20. The van der Waals surface area contributed by atoms with Crippen LogP contribution in [-0.4, -0.2) is 72.0 Å². The van der Waals surface area contributed by atoms with Crippen molar-refractivity contribution in [2.75, 3.05) is 38.0 Å². The second kappa shape index (κ2) is 12.9. The number of hydrogen-bond donors (Lipinski definition) is 4. The van der Waals surface area contributed by atoms with E-state index in [2.05, 4.69) is 54.7 Å². The fourth-order valence-electron chi connectivity index (χ4n) is 6.33. The molecule has 0 atom stereocenters. The van der Waals surface area contributed by atoms with E-state index in [1.165, 1.54) is 0 Å². The SMILES string of the molecule is CN(C)c1ccc(-c2nc3ccc(C(=O)NC4CCC(NC(=O)c5ccc6nc(-c7ccc(N(C)C)cc7)[nH]c6c5)CC4)cc3[nH]2)cc1. The van der Waals surface area contributed by atoms with Gasteiger partial charge in [-0.05, 0) is 111 Å². The number of amides is 2. The molecule has 0 bridgehead atoms. The molecule has 0 spiro atoms. The third kappa shape index (κ3) is 6.46. The van der Waals surface area contributed by atoms with Crippen molar-refractivity contribution >= 4 is 45.3 Å². The summed E-state index contributed by atoms with van der Waals surface area (Å²) in [6.45, 7) is 0. The van der Waals surface area contributed by atoms with Crippen molar-refractivity contribution in [2.45, 2.75) is 37.8 Å². The third-order valence-electron chi connectivity index (χ3n) is 9.20. The van der Waals surface area contributed by atoms with Crippen LogP contribution in [0.25, 0.3) is 44.8 Å². The van der Waals surface area contributed by atoms with Crippen LogP contribution in [0.2, 0.25) is 0 Å². The van der Waals surface area contributed by atoms with Crippen LogP contribution in [0.15, 0.2) is 84.9 Å². The van der Waals surface area contributed by atoms with Crippen LogP contribution in [0, 0.1) is 0 Å². The molecule has 10 nitrogen and oxygen atoms in total. The standard InChI is InChI=1S/C38H40N8O2/c1-45(2)29-15-5-23(6-16-29)35-41-31-19-9-25(21-33(31)43-35)37(47)39-27-11-13-28(14-12-27)40-38(48)26-10-20-32-34(22-26)44-36(42-32)24-7-17-30(18-8-24)46(3)4/h5-10,15-22,27-28H,11-14H2,1-4H3,(H,39,47)(H,40,48)(H,41,43)(H,42,44). The van der Waals surface area contributed by atoms with Crippen LogP contribution in [0.5, 0.6) is 0 Å². The summed E-state index contributed by atoms with van der Waals surface area (Å²) in [6.07, 6.45) is 3.19. The molecule has 1 aliphatic rings. The van der Waals surface area contributed by atoms with Gasteiger partial charge in [0.2, 0.25) is 0 Å². The van der Waals surface area contributed by atoms with E-state index in [0.717, 1.165) is 81.9 Å². The second-order valence-electron chi connectivity index (χ2n) is 13.0.